The van der Waals surface area contributed by atoms with Gasteiger partial charge in [-0.2, -0.15) is 0 Å². The summed E-state index contributed by atoms with van der Waals surface area (Å²) in [5, 5.41) is 31.6. The SMILES string of the molecule is C/C(=C\C(=O)CC(C)C(=O)O)[C@H]1CC(=O)[C@@]2(C)C3=C(C(=O)[C@@H](O)[C@]12C)[C@@]1(C)CC[C@H](O)C(C)(C)C1CC3=O. The van der Waals surface area contributed by atoms with E-state index in [9.17, 15) is 34.2 Å². The number of carboxylic acid groups (broad SMARTS) is 1. The van der Waals surface area contributed by atoms with Gasteiger partial charge in [0.2, 0.25) is 0 Å². The number of aliphatic carboxylic acids is 1. The Morgan fingerprint density at radius 2 is 1.63 bits per heavy atom. The van der Waals surface area contributed by atoms with Crippen molar-refractivity contribution in [3.63, 3.8) is 0 Å². The van der Waals surface area contributed by atoms with Gasteiger partial charge >= 0.3 is 5.97 Å². The van der Waals surface area contributed by atoms with Gasteiger partial charge in [-0.05, 0) is 50.0 Å². The minimum Gasteiger partial charge on any atom is -0.481 e. The number of carbonyl (C=O) groups is 5. The van der Waals surface area contributed by atoms with E-state index in [1.54, 1.807) is 20.8 Å². The molecule has 2 saturated carbocycles. The molecule has 0 aromatic heterocycles. The zero-order valence-corrected chi connectivity index (χ0v) is 23.4. The molecule has 4 rings (SSSR count). The number of aliphatic hydroxyl groups is 2. The van der Waals surface area contributed by atoms with Gasteiger partial charge in [0.1, 0.15) is 11.9 Å². The van der Waals surface area contributed by atoms with Crippen LogP contribution in [0.4, 0.5) is 0 Å². The molecule has 0 saturated heterocycles. The topological polar surface area (TPSA) is 146 Å². The van der Waals surface area contributed by atoms with Crippen LogP contribution in [-0.4, -0.2) is 56.6 Å². The number of rotatable bonds is 5. The molecule has 0 aliphatic heterocycles. The molecule has 0 bridgehead atoms. The van der Waals surface area contributed by atoms with Crippen LogP contribution < -0.4 is 0 Å². The standard InChI is InChI=1S/C30H40O8/c1-14(10-16(31)11-15(2)26(37)38)17-12-21(34)30(7)22-18(32)13-19-27(3,4)20(33)8-9-28(19,5)23(22)24(35)25(36)29(17,30)6/h10,15,17,19-20,25,33,36H,8-9,11-13H2,1-7H3,(H,37,38)/b14-10+/t15?,17-,19?,20+,25-,28+,29+,30+/m1/s1. The lowest BCUT2D eigenvalue weighted by molar-refractivity contribution is -0.156. The van der Waals surface area contributed by atoms with Gasteiger partial charge in [0, 0.05) is 41.2 Å². The van der Waals surface area contributed by atoms with Gasteiger partial charge in [0.15, 0.2) is 17.3 Å². The summed E-state index contributed by atoms with van der Waals surface area (Å²) in [5.74, 6) is -4.48. The van der Waals surface area contributed by atoms with Crippen molar-refractivity contribution in [3.8, 4) is 0 Å². The molecule has 0 aromatic carbocycles. The zero-order valence-electron chi connectivity index (χ0n) is 23.4. The normalized spacial score (nSPS) is 41.4. The second-order valence-electron chi connectivity index (χ2n) is 13.4. The van der Waals surface area contributed by atoms with Crippen molar-refractivity contribution in [1.82, 2.24) is 0 Å². The van der Waals surface area contributed by atoms with Crippen molar-refractivity contribution in [3.05, 3.63) is 22.8 Å². The number of aliphatic hydroxyl groups excluding tert-OH is 2. The lowest BCUT2D eigenvalue weighted by Crippen LogP contribution is -2.64. The van der Waals surface area contributed by atoms with Crippen LogP contribution in [0.25, 0.3) is 0 Å². The van der Waals surface area contributed by atoms with Crippen molar-refractivity contribution in [2.75, 3.05) is 0 Å². The Bertz CT molecular complexity index is 1210. The van der Waals surface area contributed by atoms with Gasteiger partial charge in [-0.1, -0.05) is 40.2 Å². The number of allylic oxidation sites excluding steroid dienone is 3. The highest BCUT2D eigenvalue weighted by Crippen LogP contribution is 2.69. The average Bonchev–Trinajstić information content (AvgIpc) is 3.03. The van der Waals surface area contributed by atoms with Crippen LogP contribution in [-0.2, 0) is 24.0 Å². The number of fused-ring (bicyclic) bond motifs is 4. The summed E-state index contributed by atoms with van der Waals surface area (Å²) in [5.41, 5.74) is -3.28. The maximum absolute atomic E-state index is 14.1. The minimum atomic E-state index is -1.57. The predicted molar refractivity (Wildman–Crippen MR) is 138 cm³/mol. The van der Waals surface area contributed by atoms with Crippen LogP contribution in [0.5, 0.6) is 0 Å². The lowest BCUT2D eigenvalue weighted by atomic mass is 9.42. The maximum atomic E-state index is 14.1. The summed E-state index contributed by atoms with van der Waals surface area (Å²) in [6.45, 7) is 12.1. The summed E-state index contributed by atoms with van der Waals surface area (Å²) in [6.07, 6.45) is -0.130. The molecule has 2 unspecified atom stereocenters. The smallest absolute Gasteiger partial charge is 0.306 e. The molecular formula is C30H40O8. The first-order valence-corrected chi connectivity index (χ1v) is 13.5. The first-order valence-electron chi connectivity index (χ1n) is 13.5. The van der Waals surface area contributed by atoms with Crippen LogP contribution in [0.3, 0.4) is 0 Å². The Hall–Kier alpha value is -2.45. The van der Waals surface area contributed by atoms with Crippen molar-refractivity contribution in [1.29, 1.82) is 0 Å². The van der Waals surface area contributed by atoms with Crippen LogP contribution >= 0.6 is 0 Å². The van der Waals surface area contributed by atoms with Crippen LogP contribution in [0.1, 0.15) is 80.6 Å². The predicted octanol–water partition coefficient (Wildman–Crippen LogP) is 3.23. The summed E-state index contributed by atoms with van der Waals surface area (Å²) in [7, 11) is 0. The maximum Gasteiger partial charge on any atom is 0.306 e. The molecule has 0 spiro atoms. The second kappa shape index (κ2) is 8.78. The first-order chi connectivity index (χ1) is 17.4. The van der Waals surface area contributed by atoms with Crippen LogP contribution in [0, 0.1) is 39.4 Å². The molecule has 0 amide bonds. The van der Waals surface area contributed by atoms with Crippen LogP contribution in [0.2, 0.25) is 0 Å². The van der Waals surface area contributed by atoms with Crippen LogP contribution in [0.15, 0.2) is 22.8 Å². The Morgan fingerprint density at radius 1 is 1.03 bits per heavy atom. The third-order valence-electron chi connectivity index (χ3n) is 11.1. The van der Waals surface area contributed by atoms with Crippen molar-refractivity contribution in [2.24, 2.45) is 39.4 Å². The third-order valence-corrected chi connectivity index (χ3v) is 11.1. The number of Topliss-reactive ketones (excluding diaryl/α,β-unsaturated/α-hetero) is 3. The second-order valence-corrected chi connectivity index (χ2v) is 13.4. The van der Waals surface area contributed by atoms with Crippen molar-refractivity contribution < 1.29 is 39.3 Å². The van der Waals surface area contributed by atoms with E-state index in [2.05, 4.69) is 0 Å². The number of hydrogen-bond donors (Lipinski definition) is 3. The molecule has 0 aromatic rings. The summed E-state index contributed by atoms with van der Waals surface area (Å²) < 4.78 is 0. The van der Waals surface area contributed by atoms with Gasteiger partial charge in [-0.15, -0.1) is 0 Å². The quantitative estimate of drug-likeness (QED) is 0.461. The molecule has 3 N–H and O–H groups in total. The van der Waals surface area contributed by atoms with Gasteiger partial charge in [0.25, 0.3) is 0 Å². The lowest BCUT2D eigenvalue weighted by Gasteiger charge is -2.60. The molecule has 8 nitrogen and oxygen atoms in total. The highest BCUT2D eigenvalue weighted by Gasteiger charge is 2.73. The molecule has 2 fully saturated rings. The first kappa shape index (κ1) is 28.6. The van der Waals surface area contributed by atoms with E-state index >= 15 is 0 Å². The third kappa shape index (κ3) is 3.52. The van der Waals surface area contributed by atoms with E-state index in [1.165, 1.54) is 13.0 Å². The largest absolute Gasteiger partial charge is 0.481 e. The number of ketones is 4. The molecule has 8 heteroatoms. The van der Waals surface area contributed by atoms with E-state index in [0.29, 0.717) is 18.4 Å². The summed E-state index contributed by atoms with van der Waals surface area (Å²) >= 11 is 0. The number of carbonyl (C=O) groups excluding carboxylic acids is 4. The summed E-state index contributed by atoms with van der Waals surface area (Å²) in [6, 6.07) is 0. The van der Waals surface area contributed by atoms with Gasteiger partial charge < -0.3 is 15.3 Å². The highest BCUT2D eigenvalue weighted by atomic mass is 16.4. The van der Waals surface area contributed by atoms with Gasteiger partial charge in [-0.3, -0.25) is 24.0 Å². The molecule has 4 aliphatic carbocycles. The zero-order chi connectivity index (χ0) is 28.7. The fourth-order valence-electron chi connectivity index (χ4n) is 8.44. The number of hydrogen-bond acceptors (Lipinski definition) is 7. The van der Waals surface area contributed by atoms with E-state index < -0.39 is 63.2 Å². The molecule has 38 heavy (non-hydrogen) atoms. The van der Waals surface area contributed by atoms with Crippen molar-refractivity contribution in [2.45, 2.75) is 92.8 Å². The molecule has 0 radical (unpaired) electrons. The van der Waals surface area contributed by atoms with Gasteiger partial charge in [0.05, 0.1) is 17.4 Å². The Morgan fingerprint density at radius 3 is 2.21 bits per heavy atom. The highest BCUT2D eigenvalue weighted by molar-refractivity contribution is 6.18. The molecular weight excluding hydrogens is 488 g/mol. The molecule has 0 heterocycles. The Kier molecular flexibility index (Phi) is 6.60. The molecule has 8 atom stereocenters. The monoisotopic (exact) mass is 528 g/mol. The fraction of sp³-hybridized carbons (Fsp3) is 0.700. The molecule has 208 valence electrons. The average molecular weight is 529 g/mol. The minimum absolute atomic E-state index is 0.0458. The summed E-state index contributed by atoms with van der Waals surface area (Å²) in [4.78, 5) is 65.7. The Labute approximate surface area is 223 Å². The van der Waals surface area contributed by atoms with E-state index in [1.807, 2.05) is 20.8 Å². The fourth-order valence-corrected chi connectivity index (χ4v) is 8.44. The molecule has 4 aliphatic rings. The number of carboxylic acids is 1. The van der Waals surface area contributed by atoms with Crippen molar-refractivity contribution >= 4 is 29.1 Å². The Balaban J connectivity index is 1.86. The van der Waals surface area contributed by atoms with E-state index in [-0.39, 0.29) is 47.9 Å². The van der Waals surface area contributed by atoms with E-state index in [0.717, 1.165) is 0 Å². The van der Waals surface area contributed by atoms with Gasteiger partial charge in [-0.25, -0.2) is 0 Å². The van der Waals surface area contributed by atoms with E-state index in [4.69, 9.17) is 5.11 Å².